The van der Waals surface area contributed by atoms with Crippen molar-refractivity contribution in [2.45, 2.75) is 24.4 Å². The molecular weight excluding hydrogens is 278 g/mol. The molecule has 0 saturated carbocycles. The third-order valence-corrected chi connectivity index (χ3v) is 3.78. The molecule has 1 aromatic carbocycles. The summed E-state index contributed by atoms with van der Waals surface area (Å²) in [6.07, 6.45) is 0.548. The van der Waals surface area contributed by atoms with Crippen LogP contribution >= 0.6 is 11.6 Å². The van der Waals surface area contributed by atoms with Crippen LogP contribution < -0.4 is 16.4 Å². The molecular formula is C14H20ClN3O2. The average Bonchev–Trinajstić information content (AvgIpc) is 2.81. The smallest absolute Gasteiger partial charge is 0.237 e. The summed E-state index contributed by atoms with van der Waals surface area (Å²) in [4.78, 5) is 12.2. The third kappa shape index (κ3) is 3.49. The van der Waals surface area contributed by atoms with Crippen LogP contribution in [0.25, 0.3) is 0 Å². The number of carbonyl (C=O) groups is 1. The molecule has 0 aliphatic carbocycles. The second kappa shape index (κ2) is 7.04. The summed E-state index contributed by atoms with van der Waals surface area (Å²) in [5.74, 6) is -0.181. The van der Waals surface area contributed by atoms with Gasteiger partial charge in [-0.1, -0.05) is 23.7 Å². The van der Waals surface area contributed by atoms with Crippen LogP contribution in [0.15, 0.2) is 24.3 Å². The van der Waals surface area contributed by atoms with Crippen LogP contribution in [-0.2, 0) is 4.79 Å². The van der Waals surface area contributed by atoms with Gasteiger partial charge in [-0.2, -0.15) is 0 Å². The monoisotopic (exact) mass is 297 g/mol. The van der Waals surface area contributed by atoms with E-state index in [2.05, 4.69) is 10.6 Å². The van der Waals surface area contributed by atoms with Crippen LogP contribution in [0.3, 0.4) is 0 Å². The van der Waals surface area contributed by atoms with Gasteiger partial charge in [-0.3, -0.25) is 4.79 Å². The molecule has 0 spiro atoms. The van der Waals surface area contributed by atoms with Crippen LogP contribution in [-0.4, -0.2) is 42.8 Å². The number of hydrogen-bond donors (Lipinski definition) is 4. The number of nitrogens with one attached hydrogen (secondary N) is 2. The third-order valence-electron chi connectivity index (χ3n) is 3.54. The van der Waals surface area contributed by atoms with Gasteiger partial charge in [0.25, 0.3) is 0 Å². The molecule has 5 N–H and O–H groups in total. The van der Waals surface area contributed by atoms with Gasteiger partial charge in [0.2, 0.25) is 5.91 Å². The number of nitrogens with two attached hydrogens (primary N) is 1. The van der Waals surface area contributed by atoms with Gasteiger partial charge in [-0.05, 0) is 24.1 Å². The van der Waals surface area contributed by atoms with E-state index in [4.69, 9.17) is 22.4 Å². The molecule has 1 saturated heterocycles. The number of aliphatic hydroxyl groups is 1. The summed E-state index contributed by atoms with van der Waals surface area (Å²) in [6, 6.07) is 6.98. The predicted octanol–water partition coefficient (Wildman–Crippen LogP) is 0.221. The topological polar surface area (TPSA) is 87.4 Å². The maximum atomic E-state index is 12.2. The first kappa shape index (κ1) is 15.3. The minimum absolute atomic E-state index is 0.0651. The molecule has 5 nitrogen and oxygen atoms in total. The highest BCUT2D eigenvalue weighted by molar-refractivity contribution is 6.30. The van der Waals surface area contributed by atoms with Gasteiger partial charge < -0.3 is 21.5 Å². The Morgan fingerprint density at radius 2 is 2.35 bits per heavy atom. The van der Waals surface area contributed by atoms with Crippen molar-refractivity contribution < 1.29 is 9.90 Å². The van der Waals surface area contributed by atoms with E-state index < -0.39 is 0 Å². The van der Waals surface area contributed by atoms with Crippen LogP contribution in [0.1, 0.15) is 17.9 Å². The standard InChI is InChI=1S/C14H20ClN3O2/c15-10-4-1-3-9(7-10)12-11(16)8-18-13(12)14(20)17-5-2-6-19/h1,3-4,7,11-13,18-19H,2,5-6,8,16H2,(H,17,20). The predicted molar refractivity (Wildman–Crippen MR) is 78.7 cm³/mol. The van der Waals surface area contributed by atoms with Crippen molar-refractivity contribution in [2.24, 2.45) is 5.73 Å². The van der Waals surface area contributed by atoms with E-state index in [0.717, 1.165) is 5.56 Å². The summed E-state index contributed by atoms with van der Waals surface area (Å²) in [7, 11) is 0. The molecule has 1 aromatic rings. The fourth-order valence-corrected chi connectivity index (χ4v) is 2.77. The highest BCUT2D eigenvalue weighted by Gasteiger charge is 2.39. The van der Waals surface area contributed by atoms with E-state index in [-0.39, 0.29) is 30.5 Å². The number of amides is 1. The molecule has 6 heteroatoms. The molecule has 20 heavy (non-hydrogen) atoms. The Labute approximate surface area is 123 Å². The molecule has 1 amide bonds. The second-order valence-corrected chi connectivity index (χ2v) is 5.44. The lowest BCUT2D eigenvalue weighted by molar-refractivity contribution is -0.123. The summed E-state index contributed by atoms with van der Waals surface area (Å²) >= 11 is 6.01. The summed E-state index contributed by atoms with van der Waals surface area (Å²) in [6.45, 7) is 1.12. The van der Waals surface area contributed by atoms with Crippen molar-refractivity contribution in [3.05, 3.63) is 34.9 Å². The van der Waals surface area contributed by atoms with Gasteiger partial charge in [-0.15, -0.1) is 0 Å². The molecule has 0 radical (unpaired) electrons. The lowest BCUT2D eigenvalue weighted by Crippen LogP contribution is -2.44. The SMILES string of the molecule is NC1CNC(C(=O)NCCCO)C1c1cccc(Cl)c1. The van der Waals surface area contributed by atoms with E-state index in [0.29, 0.717) is 24.5 Å². The summed E-state index contributed by atoms with van der Waals surface area (Å²) in [5, 5.41) is 15.4. The average molecular weight is 298 g/mol. The Balaban J connectivity index is 2.10. The number of halogens is 1. The molecule has 3 atom stereocenters. The Morgan fingerprint density at radius 1 is 1.55 bits per heavy atom. The molecule has 1 aliphatic heterocycles. The van der Waals surface area contributed by atoms with E-state index in [1.807, 2.05) is 18.2 Å². The van der Waals surface area contributed by atoms with E-state index in [1.54, 1.807) is 6.07 Å². The molecule has 1 heterocycles. The zero-order valence-electron chi connectivity index (χ0n) is 11.2. The highest BCUT2D eigenvalue weighted by Crippen LogP contribution is 2.28. The molecule has 1 fully saturated rings. The number of carbonyl (C=O) groups excluding carboxylic acids is 1. The Hall–Kier alpha value is -1.14. The quantitative estimate of drug-likeness (QED) is 0.586. The van der Waals surface area contributed by atoms with Gasteiger partial charge in [0.05, 0.1) is 6.04 Å². The molecule has 0 bridgehead atoms. The zero-order chi connectivity index (χ0) is 14.5. The summed E-state index contributed by atoms with van der Waals surface area (Å²) in [5.41, 5.74) is 7.09. The second-order valence-electron chi connectivity index (χ2n) is 5.00. The van der Waals surface area contributed by atoms with Crippen LogP contribution in [0, 0.1) is 0 Å². The van der Waals surface area contributed by atoms with Gasteiger partial charge in [0, 0.05) is 36.7 Å². The lowest BCUT2D eigenvalue weighted by Gasteiger charge is -2.22. The fraction of sp³-hybridized carbons (Fsp3) is 0.500. The first-order valence-corrected chi connectivity index (χ1v) is 7.14. The van der Waals surface area contributed by atoms with E-state index >= 15 is 0 Å². The number of aliphatic hydroxyl groups excluding tert-OH is 1. The van der Waals surface area contributed by atoms with Crippen molar-refractivity contribution in [1.82, 2.24) is 10.6 Å². The lowest BCUT2D eigenvalue weighted by atomic mass is 9.88. The number of rotatable bonds is 5. The molecule has 1 aliphatic rings. The minimum Gasteiger partial charge on any atom is -0.396 e. The van der Waals surface area contributed by atoms with Crippen molar-refractivity contribution in [1.29, 1.82) is 0 Å². The highest BCUT2D eigenvalue weighted by atomic mass is 35.5. The van der Waals surface area contributed by atoms with Crippen molar-refractivity contribution in [2.75, 3.05) is 19.7 Å². The van der Waals surface area contributed by atoms with Gasteiger partial charge in [0.1, 0.15) is 0 Å². The Bertz CT molecular complexity index is 469. The van der Waals surface area contributed by atoms with Crippen LogP contribution in [0.4, 0.5) is 0 Å². The molecule has 0 aromatic heterocycles. The van der Waals surface area contributed by atoms with Gasteiger partial charge in [0.15, 0.2) is 0 Å². The molecule has 110 valence electrons. The first-order chi connectivity index (χ1) is 9.63. The number of hydrogen-bond acceptors (Lipinski definition) is 4. The van der Waals surface area contributed by atoms with Crippen molar-refractivity contribution in [3.63, 3.8) is 0 Å². The normalized spacial score (nSPS) is 25.6. The maximum absolute atomic E-state index is 12.2. The first-order valence-electron chi connectivity index (χ1n) is 6.76. The maximum Gasteiger partial charge on any atom is 0.237 e. The van der Waals surface area contributed by atoms with Crippen molar-refractivity contribution >= 4 is 17.5 Å². The largest absolute Gasteiger partial charge is 0.396 e. The minimum atomic E-state index is -0.359. The van der Waals surface area contributed by atoms with Crippen molar-refractivity contribution in [3.8, 4) is 0 Å². The van der Waals surface area contributed by atoms with Crippen LogP contribution in [0.2, 0.25) is 5.02 Å². The van der Waals surface area contributed by atoms with Crippen LogP contribution in [0.5, 0.6) is 0 Å². The van der Waals surface area contributed by atoms with Gasteiger partial charge >= 0.3 is 0 Å². The number of benzene rings is 1. The fourth-order valence-electron chi connectivity index (χ4n) is 2.57. The Kier molecular flexibility index (Phi) is 5.37. The molecule has 3 unspecified atom stereocenters. The van der Waals surface area contributed by atoms with E-state index in [1.165, 1.54) is 0 Å². The van der Waals surface area contributed by atoms with Gasteiger partial charge in [-0.25, -0.2) is 0 Å². The van der Waals surface area contributed by atoms with E-state index in [9.17, 15) is 4.79 Å². The zero-order valence-corrected chi connectivity index (χ0v) is 11.9. The summed E-state index contributed by atoms with van der Waals surface area (Å²) < 4.78 is 0. The Morgan fingerprint density at radius 3 is 3.05 bits per heavy atom. The molecule has 2 rings (SSSR count).